The molecule has 4 nitrogen and oxygen atoms in total. The topological polar surface area (TPSA) is 55.4 Å². The summed E-state index contributed by atoms with van der Waals surface area (Å²) in [5.74, 6) is 0.292. The highest BCUT2D eigenvalue weighted by Gasteiger charge is 2.10. The zero-order chi connectivity index (χ0) is 17.5. The van der Waals surface area contributed by atoms with Gasteiger partial charge in [-0.1, -0.05) is 18.5 Å². The predicted octanol–water partition coefficient (Wildman–Crippen LogP) is 3.86. The van der Waals surface area contributed by atoms with Crippen molar-refractivity contribution in [1.29, 1.82) is 0 Å². The Balaban J connectivity index is 1.94. The van der Waals surface area contributed by atoms with Gasteiger partial charge in [-0.25, -0.2) is 0 Å². The van der Waals surface area contributed by atoms with Gasteiger partial charge in [-0.2, -0.15) is 0 Å². The fourth-order valence-corrected chi connectivity index (χ4v) is 2.16. The Kier molecular flexibility index (Phi) is 6.38. The number of carbonyl (C=O) groups excluding carboxylic acids is 2. The molecule has 126 valence electrons. The lowest BCUT2D eigenvalue weighted by atomic mass is 10.0. The van der Waals surface area contributed by atoms with Gasteiger partial charge >= 0.3 is 0 Å². The van der Waals surface area contributed by atoms with Gasteiger partial charge in [0.2, 0.25) is 0 Å². The van der Waals surface area contributed by atoms with Crippen molar-refractivity contribution in [2.24, 2.45) is 0 Å². The summed E-state index contributed by atoms with van der Waals surface area (Å²) < 4.78 is 5.43. The largest absolute Gasteiger partial charge is 0.484 e. The molecule has 0 saturated carbocycles. The maximum atomic E-state index is 12.3. The lowest BCUT2D eigenvalue weighted by molar-refractivity contribution is -0.123. The van der Waals surface area contributed by atoms with Gasteiger partial charge in [-0.3, -0.25) is 9.59 Å². The molecular weight excluding hydrogens is 326 g/mol. The van der Waals surface area contributed by atoms with E-state index >= 15 is 0 Å². The minimum atomic E-state index is -0.161. The molecule has 0 saturated heterocycles. The van der Waals surface area contributed by atoms with Crippen molar-refractivity contribution >= 4 is 23.3 Å². The number of benzene rings is 2. The van der Waals surface area contributed by atoms with Crippen molar-refractivity contribution in [3.05, 3.63) is 64.7 Å². The number of carbonyl (C=O) groups is 2. The molecule has 0 bridgehead atoms. The van der Waals surface area contributed by atoms with E-state index in [0.29, 0.717) is 21.9 Å². The van der Waals surface area contributed by atoms with Crippen LogP contribution in [-0.4, -0.2) is 24.3 Å². The summed E-state index contributed by atoms with van der Waals surface area (Å²) in [4.78, 5) is 24.0. The standard InChI is InChI=1S/C19H20ClNO3/c1-3-13(2)21-18(22)12-24-17-10-6-15(7-11-17)19(23)14-4-8-16(20)9-5-14/h4-11,13H,3,12H2,1-2H3,(H,21,22). The van der Waals surface area contributed by atoms with Crippen LogP contribution in [0.15, 0.2) is 48.5 Å². The first-order chi connectivity index (χ1) is 11.5. The first-order valence-electron chi connectivity index (χ1n) is 7.82. The fourth-order valence-electron chi connectivity index (χ4n) is 2.04. The third-order valence-corrected chi connectivity index (χ3v) is 3.86. The highest BCUT2D eigenvalue weighted by atomic mass is 35.5. The van der Waals surface area contributed by atoms with Crippen LogP contribution < -0.4 is 10.1 Å². The van der Waals surface area contributed by atoms with E-state index in [1.54, 1.807) is 48.5 Å². The van der Waals surface area contributed by atoms with Crippen molar-refractivity contribution in [2.45, 2.75) is 26.3 Å². The molecule has 0 aliphatic rings. The Morgan fingerprint density at radius 1 is 1.04 bits per heavy atom. The van der Waals surface area contributed by atoms with Gasteiger partial charge < -0.3 is 10.1 Å². The molecule has 0 spiro atoms. The van der Waals surface area contributed by atoms with E-state index in [1.807, 2.05) is 13.8 Å². The van der Waals surface area contributed by atoms with Gasteiger partial charge in [0.25, 0.3) is 5.91 Å². The Bertz CT molecular complexity index is 696. The Morgan fingerprint density at radius 2 is 1.58 bits per heavy atom. The van der Waals surface area contributed by atoms with Crippen LogP contribution in [-0.2, 0) is 4.79 Å². The molecule has 0 heterocycles. The average molecular weight is 346 g/mol. The molecule has 2 rings (SSSR count). The van der Waals surface area contributed by atoms with Crippen LogP contribution in [0.25, 0.3) is 0 Å². The van der Waals surface area contributed by atoms with E-state index < -0.39 is 0 Å². The third kappa shape index (κ3) is 5.10. The summed E-state index contributed by atoms with van der Waals surface area (Å²) >= 11 is 5.82. The van der Waals surface area contributed by atoms with Crippen molar-refractivity contribution in [1.82, 2.24) is 5.32 Å². The molecule has 1 atom stereocenters. The maximum Gasteiger partial charge on any atom is 0.258 e. The van der Waals surface area contributed by atoms with Crippen LogP contribution >= 0.6 is 11.6 Å². The number of ketones is 1. The van der Waals surface area contributed by atoms with Crippen molar-refractivity contribution in [3.63, 3.8) is 0 Å². The van der Waals surface area contributed by atoms with Gasteiger partial charge in [0, 0.05) is 22.2 Å². The number of nitrogens with one attached hydrogen (secondary N) is 1. The van der Waals surface area contributed by atoms with Gasteiger partial charge in [0.15, 0.2) is 12.4 Å². The molecular formula is C19H20ClNO3. The first kappa shape index (κ1) is 18.0. The van der Waals surface area contributed by atoms with Crippen LogP contribution in [0.2, 0.25) is 5.02 Å². The summed E-state index contributed by atoms with van der Waals surface area (Å²) in [7, 11) is 0. The van der Waals surface area contributed by atoms with Gasteiger partial charge in [-0.15, -0.1) is 0 Å². The number of rotatable bonds is 7. The van der Waals surface area contributed by atoms with Crippen LogP contribution in [0.4, 0.5) is 0 Å². The molecule has 0 aliphatic heterocycles. The van der Waals surface area contributed by atoms with Gasteiger partial charge in [0.05, 0.1) is 0 Å². The molecule has 0 aromatic heterocycles. The second-order valence-electron chi connectivity index (χ2n) is 5.53. The molecule has 0 radical (unpaired) electrons. The van der Waals surface area contributed by atoms with Crippen LogP contribution in [0.3, 0.4) is 0 Å². The molecule has 1 unspecified atom stereocenters. The normalized spacial score (nSPS) is 11.6. The molecule has 0 aliphatic carbocycles. The zero-order valence-electron chi connectivity index (χ0n) is 13.7. The molecule has 2 aromatic carbocycles. The van der Waals surface area contributed by atoms with E-state index in [4.69, 9.17) is 16.3 Å². The SMILES string of the molecule is CCC(C)NC(=O)COc1ccc(C(=O)c2ccc(Cl)cc2)cc1. The van der Waals surface area contributed by atoms with E-state index in [9.17, 15) is 9.59 Å². The monoisotopic (exact) mass is 345 g/mol. The van der Waals surface area contributed by atoms with Gasteiger partial charge in [0.1, 0.15) is 5.75 Å². The summed E-state index contributed by atoms with van der Waals surface area (Å²) in [5, 5.41) is 3.42. The molecule has 1 amide bonds. The molecule has 2 aromatic rings. The smallest absolute Gasteiger partial charge is 0.258 e. The van der Waals surface area contributed by atoms with Crippen molar-refractivity contribution < 1.29 is 14.3 Å². The Morgan fingerprint density at radius 3 is 2.12 bits per heavy atom. The number of halogens is 1. The molecule has 5 heteroatoms. The summed E-state index contributed by atoms with van der Waals surface area (Å²) in [5.41, 5.74) is 1.12. The average Bonchev–Trinajstić information content (AvgIpc) is 2.60. The third-order valence-electron chi connectivity index (χ3n) is 3.61. The highest BCUT2D eigenvalue weighted by Crippen LogP contribution is 2.17. The van der Waals surface area contributed by atoms with Crippen molar-refractivity contribution in [3.8, 4) is 5.75 Å². The van der Waals surface area contributed by atoms with E-state index in [-0.39, 0.29) is 24.3 Å². The quantitative estimate of drug-likeness (QED) is 0.775. The van der Waals surface area contributed by atoms with Crippen LogP contribution in [0.1, 0.15) is 36.2 Å². The lowest BCUT2D eigenvalue weighted by Crippen LogP contribution is -2.35. The molecule has 0 fully saturated rings. The number of ether oxygens (including phenoxy) is 1. The summed E-state index contributed by atoms with van der Waals surface area (Å²) in [6.45, 7) is 3.89. The van der Waals surface area contributed by atoms with Crippen LogP contribution in [0.5, 0.6) is 5.75 Å². The minimum Gasteiger partial charge on any atom is -0.484 e. The molecule has 1 N–H and O–H groups in total. The zero-order valence-corrected chi connectivity index (χ0v) is 14.5. The van der Waals surface area contributed by atoms with E-state index in [2.05, 4.69) is 5.32 Å². The molecule has 24 heavy (non-hydrogen) atoms. The number of hydrogen-bond donors (Lipinski definition) is 1. The van der Waals surface area contributed by atoms with E-state index in [0.717, 1.165) is 6.42 Å². The van der Waals surface area contributed by atoms with Crippen molar-refractivity contribution in [2.75, 3.05) is 6.61 Å². The lowest BCUT2D eigenvalue weighted by Gasteiger charge is -2.12. The minimum absolute atomic E-state index is 0.0468. The summed E-state index contributed by atoms with van der Waals surface area (Å²) in [6.07, 6.45) is 0.868. The van der Waals surface area contributed by atoms with E-state index in [1.165, 1.54) is 0 Å². The maximum absolute atomic E-state index is 12.3. The Hall–Kier alpha value is -2.33. The number of hydrogen-bond acceptors (Lipinski definition) is 3. The van der Waals surface area contributed by atoms with Gasteiger partial charge in [-0.05, 0) is 61.9 Å². The highest BCUT2D eigenvalue weighted by molar-refractivity contribution is 6.30. The fraction of sp³-hybridized carbons (Fsp3) is 0.263. The second kappa shape index (κ2) is 8.50. The summed E-state index contributed by atoms with van der Waals surface area (Å²) in [6, 6.07) is 13.6. The Labute approximate surface area is 146 Å². The first-order valence-corrected chi connectivity index (χ1v) is 8.20. The number of amides is 1. The van der Waals surface area contributed by atoms with Crippen LogP contribution in [0, 0.1) is 0 Å². The predicted molar refractivity (Wildman–Crippen MR) is 94.7 cm³/mol. The second-order valence-corrected chi connectivity index (χ2v) is 5.96.